The van der Waals surface area contributed by atoms with Crippen LogP contribution < -0.4 is 0 Å². The summed E-state index contributed by atoms with van der Waals surface area (Å²) in [6.45, 7) is 4.31. The molecule has 0 saturated carbocycles. The zero-order chi connectivity index (χ0) is 22.8. The SMILES string of the molecule is Cc1csc(CSc2ncc(C(=O)N(C)Cc3cn(C)nc3C)n2-c2ccc(F)cc2)n1. The van der Waals surface area contributed by atoms with Crippen LogP contribution in [0.4, 0.5) is 4.39 Å². The lowest BCUT2D eigenvalue weighted by molar-refractivity contribution is 0.0776. The van der Waals surface area contributed by atoms with E-state index in [9.17, 15) is 9.18 Å². The molecule has 3 heterocycles. The van der Waals surface area contributed by atoms with Crippen LogP contribution in [0.2, 0.25) is 0 Å². The fourth-order valence-electron chi connectivity index (χ4n) is 3.35. The largest absolute Gasteiger partial charge is 0.336 e. The van der Waals surface area contributed by atoms with Gasteiger partial charge in [0.25, 0.3) is 5.91 Å². The fraction of sp³-hybridized carbons (Fsp3) is 0.273. The summed E-state index contributed by atoms with van der Waals surface area (Å²) in [6, 6.07) is 6.06. The highest BCUT2D eigenvalue weighted by Crippen LogP contribution is 2.28. The third-order valence-corrected chi connectivity index (χ3v) is 7.01. The molecule has 0 radical (unpaired) electrons. The number of hydrogen-bond donors (Lipinski definition) is 0. The minimum atomic E-state index is -0.335. The molecular formula is C22H23FN6OS2. The average Bonchev–Trinajstić information content (AvgIpc) is 3.45. The predicted octanol–water partition coefficient (Wildman–Crippen LogP) is 4.38. The quantitative estimate of drug-likeness (QED) is 0.375. The van der Waals surface area contributed by atoms with Gasteiger partial charge in [0, 0.05) is 49.2 Å². The van der Waals surface area contributed by atoms with E-state index in [0.29, 0.717) is 28.8 Å². The van der Waals surface area contributed by atoms with E-state index in [1.165, 1.54) is 23.9 Å². The number of amides is 1. The summed E-state index contributed by atoms with van der Waals surface area (Å²) in [6.07, 6.45) is 3.49. The molecule has 0 N–H and O–H groups in total. The van der Waals surface area contributed by atoms with Crippen molar-refractivity contribution >= 4 is 29.0 Å². The monoisotopic (exact) mass is 470 g/mol. The number of hydrogen-bond acceptors (Lipinski definition) is 6. The van der Waals surface area contributed by atoms with Crippen molar-refractivity contribution in [2.24, 2.45) is 7.05 Å². The van der Waals surface area contributed by atoms with Crippen molar-refractivity contribution in [3.63, 3.8) is 0 Å². The highest BCUT2D eigenvalue weighted by Gasteiger charge is 2.22. The molecule has 0 fully saturated rings. The van der Waals surface area contributed by atoms with Gasteiger partial charge in [0.2, 0.25) is 0 Å². The Kier molecular flexibility index (Phi) is 6.43. The van der Waals surface area contributed by atoms with Gasteiger partial charge in [-0.2, -0.15) is 5.10 Å². The summed E-state index contributed by atoms with van der Waals surface area (Å²) in [4.78, 5) is 24.0. The summed E-state index contributed by atoms with van der Waals surface area (Å²) in [7, 11) is 3.61. The first-order valence-electron chi connectivity index (χ1n) is 9.94. The molecule has 4 rings (SSSR count). The fourth-order valence-corrected chi connectivity index (χ4v) is 5.13. The zero-order valence-corrected chi connectivity index (χ0v) is 19.9. The number of imidazole rings is 1. The van der Waals surface area contributed by atoms with Crippen LogP contribution in [0.1, 0.15) is 32.4 Å². The van der Waals surface area contributed by atoms with Gasteiger partial charge in [0.1, 0.15) is 16.5 Å². The number of carbonyl (C=O) groups is 1. The maximum absolute atomic E-state index is 13.5. The van der Waals surface area contributed by atoms with Crippen LogP contribution in [0.25, 0.3) is 5.69 Å². The third-order valence-electron chi connectivity index (χ3n) is 4.89. The number of thioether (sulfide) groups is 1. The summed E-state index contributed by atoms with van der Waals surface area (Å²) in [5.41, 5.74) is 3.93. The maximum atomic E-state index is 13.5. The highest BCUT2D eigenvalue weighted by atomic mass is 32.2. The Labute approximate surface area is 193 Å². The number of rotatable bonds is 7. The molecule has 0 saturated heterocycles. The lowest BCUT2D eigenvalue weighted by Gasteiger charge is -2.18. The molecule has 166 valence electrons. The molecule has 0 spiro atoms. The van der Waals surface area contributed by atoms with Crippen molar-refractivity contribution < 1.29 is 9.18 Å². The van der Waals surface area contributed by atoms with Gasteiger partial charge in [-0.05, 0) is 38.1 Å². The van der Waals surface area contributed by atoms with Crippen molar-refractivity contribution in [1.29, 1.82) is 0 Å². The van der Waals surface area contributed by atoms with Gasteiger partial charge >= 0.3 is 0 Å². The molecule has 7 nitrogen and oxygen atoms in total. The molecule has 0 bridgehead atoms. The zero-order valence-electron chi connectivity index (χ0n) is 18.2. The number of nitrogens with zero attached hydrogens (tertiary/aromatic N) is 6. The van der Waals surface area contributed by atoms with E-state index < -0.39 is 0 Å². The van der Waals surface area contributed by atoms with Gasteiger partial charge in [0.05, 0.1) is 17.6 Å². The topological polar surface area (TPSA) is 68.8 Å². The van der Waals surface area contributed by atoms with Gasteiger partial charge in [-0.1, -0.05) is 11.8 Å². The molecule has 1 amide bonds. The Hall–Kier alpha value is -2.98. The van der Waals surface area contributed by atoms with Crippen molar-refractivity contribution in [3.8, 4) is 5.69 Å². The summed E-state index contributed by atoms with van der Waals surface area (Å²) >= 11 is 3.09. The number of benzene rings is 1. The Morgan fingerprint density at radius 3 is 2.62 bits per heavy atom. The first-order valence-corrected chi connectivity index (χ1v) is 11.8. The molecule has 0 aliphatic heterocycles. The van der Waals surface area contributed by atoms with Gasteiger partial charge in [-0.25, -0.2) is 14.4 Å². The molecule has 0 aliphatic rings. The maximum Gasteiger partial charge on any atom is 0.272 e. The molecule has 3 aromatic heterocycles. The average molecular weight is 471 g/mol. The normalized spacial score (nSPS) is 11.2. The number of aryl methyl sites for hydroxylation is 3. The van der Waals surface area contributed by atoms with Crippen molar-refractivity contribution in [2.45, 2.75) is 31.3 Å². The molecular weight excluding hydrogens is 447 g/mol. The Morgan fingerprint density at radius 2 is 2.00 bits per heavy atom. The second-order valence-electron chi connectivity index (χ2n) is 7.48. The van der Waals surface area contributed by atoms with E-state index in [2.05, 4.69) is 15.1 Å². The lowest BCUT2D eigenvalue weighted by atomic mass is 10.2. The van der Waals surface area contributed by atoms with E-state index in [-0.39, 0.29) is 11.7 Å². The second-order valence-corrected chi connectivity index (χ2v) is 9.37. The van der Waals surface area contributed by atoms with Crippen LogP contribution in [0, 0.1) is 19.7 Å². The number of thiazole rings is 1. The Morgan fingerprint density at radius 1 is 1.25 bits per heavy atom. The van der Waals surface area contributed by atoms with Gasteiger partial charge < -0.3 is 4.90 Å². The Bertz CT molecular complexity index is 1240. The van der Waals surface area contributed by atoms with Crippen LogP contribution in [0.3, 0.4) is 0 Å². The molecule has 0 unspecified atom stereocenters. The molecule has 10 heteroatoms. The molecule has 0 aliphatic carbocycles. The molecule has 4 aromatic rings. The summed E-state index contributed by atoms with van der Waals surface area (Å²) < 4.78 is 17.1. The van der Waals surface area contributed by atoms with Crippen molar-refractivity contribution in [2.75, 3.05) is 7.05 Å². The Balaban J connectivity index is 1.64. The second kappa shape index (κ2) is 9.25. The van der Waals surface area contributed by atoms with E-state index in [0.717, 1.165) is 22.0 Å². The summed E-state index contributed by atoms with van der Waals surface area (Å²) in [5.74, 6) is 0.120. The van der Waals surface area contributed by atoms with E-state index >= 15 is 0 Å². The number of carbonyl (C=O) groups excluding carboxylic acids is 1. The summed E-state index contributed by atoms with van der Waals surface area (Å²) in [5, 5.41) is 7.99. The van der Waals surface area contributed by atoms with Crippen molar-refractivity contribution in [3.05, 3.63) is 75.5 Å². The minimum absolute atomic E-state index is 0.179. The smallest absolute Gasteiger partial charge is 0.272 e. The van der Waals surface area contributed by atoms with E-state index in [4.69, 9.17) is 0 Å². The van der Waals surface area contributed by atoms with Crippen LogP contribution in [0.15, 0.2) is 47.2 Å². The predicted molar refractivity (Wildman–Crippen MR) is 124 cm³/mol. The lowest BCUT2D eigenvalue weighted by Crippen LogP contribution is -2.28. The molecule has 1 aromatic carbocycles. The highest BCUT2D eigenvalue weighted by molar-refractivity contribution is 7.98. The van der Waals surface area contributed by atoms with Crippen LogP contribution in [-0.4, -0.2) is 42.2 Å². The first-order chi connectivity index (χ1) is 15.3. The first kappa shape index (κ1) is 22.2. The van der Waals surface area contributed by atoms with Crippen molar-refractivity contribution in [1.82, 2.24) is 29.2 Å². The number of halogens is 1. The molecule has 32 heavy (non-hydrogen) atoms. The van der Waals surface area contributed by atoms with Gasteiger partial charge in [-0.15, -0.1) is 11.3 Å². The van der Waals surface area contributed by atoms with Gasteiger partial charge in [0.15, 0.2) is 5.16 Å². The third kappa shape index (κ3) is 4.76. The van der Waals surface area contributed by atoms with Crippen LogP contribution in [-0.2, 0) is 19.3 Å². The van der Waals surface area contributed by atoms with Gasteiger partial charge in [-0.3, -0.25) is 14.0 Å². The van der Waals surface area contributed by atoms with Crippen LogP contribution >= 0.6 is 23.1 Å². The van der Waals surface area contributed by atoms with E-state index in [1.807, 2.05) is 32.5 Å². The minimum Gasteiger partial charge on any atom is -0.336 e. The van der Waals surface area contributed by atoms with E-state index in [1.54, 1.807) is 50.9 Å². The van der Waals surface area contributed by atoms with Crippen LogP contribution in [0.5, 0.6) is 0 Å². The molecule has 0 atom stereocenters. The standard InChI is InChI=1S/C22H23FN6OS2/c1-14-12-31-20(25-14)13-32-22-24-9-19(29(22)18-7-5-17(23)6-8-18)21(30)27(3)10-16-11-28(4)26-15(16)2/h5-9,11-12H,10,13H2,1-4H3. The number of aromatic nitrogens is 5.